The maximum absolute atomic E-state index is 11.7. The van der Waals surface area contributed by atoms with Gasteiger partial charge in [-0.2, -0.15) is 4.98 Å². The van der Waals surface area contributed by atoms with E-state index in [1.807, 2.05) is 42.2 Å². The number of hydrogen-bond acceptors (Lipinski definition) is 4. The van der Waals surface area contributed by atoms with Gasteiger partial charge in [0.1, 0.15) is 0 Å². The molecular weight excluding hydrogens is 266 g/mol. The Morgan fingerprint density at radius 3 is 2.95 bits per heavy atom. The van der Waals surface area contributed by atoms with Crippen LogP contribution in [0.3, 0.4) is 0 Å². The number of amides is 1. The number of likely N-dealkylation sites (tertiary alicyclic amines) is 1. The Kier molecular flexibility index (Phi) is 3.99. The molecule has 1 aromatic carbocycles. The highest BCUT2D eigenvalue weighted by molar-refractivity contribution is 5.76. The molecular formula is C16H19N3O2. The first kappa shape index (κ1) is 13.8. The van der Waals surface area contributed by atoms with Gasteiger partial charge in [-0.1, -0.05) is 30.3 Å². The van der Waals surface area contributed by atoms with E-state index in [2.05, 4.69) is 10.1 Å². The van der Waals surface area contributed by atoms with Crippen LogP contribution in [0.4, 0.5) is 0 Å². The van der Waals surface area contributed by atoms with Crippen LogP contribution in [0.15, 0.2) is 34.9 Å². The van der Waals surface area contributed by atoms with E-state index in [0.29, 0.717) is 18.2 Å². The molecule has 1 aliphatic heterocycles. The fourth-order valence-corrected chi connectivity index (χ4v) is 2.74. The largest absolute Gasteiger partial charge is 0.342 e. The lowest BCUT2D eigenvalue weighted by Gasteiger charge is -2.14. The minimum absolute atomic E-state index is 0.232. The maximum atomic E-state index is 11.7. The minimum atomic E-state index is 0.232. The van der Waals surface area contributed by atoms with Crippen LogP contribution in [0.2, 0.25) is 0 Å². The van der Waals surface area contributed by atoms with E-state index in [4.69, 9.17) is 4.52 Å². The average molecular weight is 285 g/mol. The van der Waals surface area contributed by atoms with Crippen molar-refractivity contribution in [3.63, 3.8) is 0 Å². The third-order valence-electron chi connectivity index (χ3n) is 3.90. The van der Waals surface area contributed by atoms with Gasteiger partial charge in [-0.15, -0.1) is 0 Å². The van der Waals surface area contributed by atoms with Crippen molar-refractivity contribution in [1.82, 2.24) is 15.0 Å². The molecule has 2 aromatic rings. The first-order chi connectivity index (χ1) is 10.3. The van der Waals surface area contributed by atoms with Crippen molar-refractivity contribution >= 4 is 5.91 Å². The second kappa shape index (κ2) is 6.08. The standard InChI is InChI=1S/C16H19N3O2/c1-2-15(20)19-9-8-12(11-19)10-14-17-16(21-18-14)13-6-4-3-5-7-13/h3-7,12H,2,8-11H2,1H3. The Morgan fingerprint density at radius 1 is 1.38 bits per heavy atom. The van der Waals surface area contributed by atoms with E-state index in [9.17, 15) is 4.79 Å². The van der Waals surface area contributed by atoms with Crippen molar-refractivity contribution in [2.75, 3.05) is 13.1 Å². The van der Waals surface area contributed by atoms with Gasteiger partial charge < -0.3 is 9.42 Å². The Balaban J connectivity index is 1.62. The van der Waals surface area contributed by atoms with Crippen molar-refractivity contribution in [2.45, 2.75) is 26.2 Å². The van der Waals surface area contributed by atoms with Crippen molar-refractivity contribution in [3.05, 3.63) is 36.2 Å². The third kappa shape index (κ3) is 3.12. The van der Waals surface area contributed by atoms with Gasteiger partial charge in [0, 0.05) is 31.5 Å². The number of benzene rings is 1. The molecule has 1 aromatic heterocycles. The Morgan fingerprint density at radius 2 is 2.19 bits per heavy atom. The minimum Gasteiger partial charge on any atom is -0.342 e. The first-order valence-electron chi connectivity index (χ1n) is 7.42. The number of carbonyl (C=O) groups excluding carboxylic acids is 1. The molecule has 1 unspecified atom stereocenters. The zero-order valence-electron chi connectivity index (χ0n) is 12.2. The number of nitrogens with zero attached hydrogens (tertiary/aromatic N) is 3. The van der Waals surface area contributed by atoms with Crippen LogP contribution in [0.5, 0.6) is 0 Å². The van der Waals surface area contributed by atoms with Crippen LogP contribution in [-0.4, -0.2) is 34.0 Å². The van der Waals surface area contributed by atoms with Crippen molar-refractivity contribution in [2.24, 2.45) is 5.92 Å². The molecule has 1 fully saturated rings. The molecule has 0 saturated carbocycles. The van der Waals surface area contributed by atoms with Crippen molar-refractivity contribution in [1.29, 1.82) is 0 Å². The van der Waals surface area contributed by atoms with Gasteiger partial charge in [0.2, 0.25) is 5.91 Å². The van der Waals surface area contributed by atoms with Crippen LogP contribution < -0.4 is 0 Å². The molecule has 3 rings (SSSR count). The molecule has 2 heterocycles. The van der Waals surface area contributed by atoms with Gasteiger partial charge in [-0.05, 0) is 24.5 Å². The molecule has 0 spiro atoms. The van der Waals surface area contributed by atoms with E-state index < -0.39 is 0 Å². The summed E-state index contributed by atoms with van der Waals surface area (Å²) in [5.74, 6) is 1.95. The zero-order chi connectivity index (χ0) is 14.7. The summed E-state index contributed by atoms with van der Waals surface area (Å²) in [6.45, 7) is 3.56. The summed E-state index contributed by atoms with van der Waals surface area (Å²) in [4.78, 5) is 18.1. The van der Waals surface area contributed by atoms with Gasteiger partial charge in [-0.25, -0.2) is 0 Å². The molecule has 1 atom stereocenters. The van der Waals surface area contributed by atoms with E-state index in [1.54, 1.807) is 0 Å². The molecule has 0 radical (unpaired) electrons. The molecule has 1 aliphatic rings. The van der Waals surface area contributed by atoms with Gasteiger partial charge >= 0.3 is 0 Å². The van der Waals surface area contributed by atoms with Gasteiger partial charge in [0.15, 0.2) is 5.82 Å². The lowest BCUT2D eigenvalue weighted by Crippen LogP contribution is -2.28. The molecule has 21 heavy (non-hydrogen) atoms. The normalized spacial score (nSPS) is 18.1. The predicted molar refractivity (Wildman–Crippen MR) is 78.4 cm³/mol. The van der Waals surface area contributed by atoms with Crippen LogP contribution in [0.1, 0.15) is 25.6 Å². The van der Waals surface area contributed by atoms with E-state index in [-0.39, 0.29) is 5.91 Å². The summed E-state index contributed by atoms with van der Waals surface area (Å²) in [5, 5.41) is 4.06. The highest BCUT2D eigenvalue weighted by atomic mass is 16.5. The molecule has 0 aliphatic carbocycles. The summed E-state index contributed by atoms with van der Waals surface area (Å²) in [7, 11) is 0. The SMILES string of the molecule is CCC(=O)N1CCC(Cc2noc(-c3ccccc3)n2)C1. The van der Waals surface area contributed by atoms with Crippen molar-refractivity contribution < 1.29 is 9.32 Å². The lowest BCUT2D eigenvalue weighted by molar-refractivity contribution is -0.129. The van der Waals surface area contributed by atoms with E-state index in [1.165, 1.54) is 0 Å². The summed E-state index contributed by atoms with van der Waals surface area (Å²) in [6, 6.07) is 9.76. The monoisotopic (exact) mass is 285 g/mol. The topological polar surface area (TPSA) is 59.2 Å². The lowest BCUT2D eigenvalue weighted by atomic mass is 10.1. The van der Waals surface area contributed by atoms with E-state index in [0.717, 1.165) is 37.3 Å². The van der Waals surface area contributed by atoms with Crippen LogP contribution in [0, 0.1) is 5.92 Å². The van der Waals surface area contributed by atoms with Gasteiger partial charge in [0.25, 0.3) is 5.89 Å². The summed E-state index contributed by atoms with van der Waals surface area (Å²) >= 11 is 0. The molecule has 0 N–H and O–H groups in total. The zero-order valence-corrected chi connectivity index (χ0v) is 12.2. The highest BCUT2D eigenvalue weighted by Crippen LogP contribution is 2.22. The Bertz CT molecular complexity index is 609. The summed E-state index contributed by atoms with van der Waals surface area (Å²) in [5.41, 5.74) is 0.936. The second-order valence-electron chi connectivity index (χ2n) is 5.43. The summed E-state index contributed by atoms with van der Waals surface area (Å²) < 4.78 is 5.31. The Hall–Kier alpha value is -2.17. The van der Waals surface area contributed by atoms with Gasteiger partial charge in [0.05, 0.1) is 0 Å². The maximum Gasteiger partial charge on any atom is 0.257 e. The molecule has 1 saturated heterocycles. The van der Waals surface area contributed by atoms with E-state index >= 15 is 0 Å². The van der Waals surface area contributed by atoms with Crippen LogP contribution >= 0.6 is 0 Å². The first-order valence-corrected chi connectivity index (χ1v) is 7.42. The van der Waals surface area contributed by atoms with Crippen molar-refractivity contribution in [3.8, 4) is 11.5 Å². The Labute approximate surface area is 124 Å². The summed E-state index contributed by atoms with van der Waals surface area (Å²) in [6.07, 6.45) is 2.36. The van der Waals surface area contributed by atoms with Crippen LogP contribution in [0.25, 0.3) is 11.5 Å². The molecule has 1 amide bonds. The third-order valence-corrected chi connectivity index (χ3v) is 3.90. The number of hydrogen-bond donors (Lipinski definition) is 0. The highest BCUT2D eigenvalue weighted by Gasteiger charge is 2.26. The fraction of sp³-hybridized carbons (Fsp3) is 0.438. The molecule has 110 valence electrons. The predicted octanol–water partition coefficient (Wildman–Crippen LogP) is 2.54. The molecule has 5 nitrogen and oxygen atoms in total. The quantitative estimate of drug-likeness (QED) is 0.866. The molecule has 0 bridgehead atoms. The second-order valence-corrected chi connectivity index (χ2v) is 5.43. The fourth-order valence-electron chi connectivity index (χ4n) is 2.74. The van der Waals surface area contributed by atoms with Gasteiger partial charge in [-0.3, -0.25) is 4.79 Å². The molecule has 5 heteroatoms. The average Bonchev–Trinajstić information content (AvgIpc) is 3.17. The number of rotatable bonds is 4. The number of carbonyl (C=O) groups is 1. The smallest absolute Gasteiger partial charge is 0.257 e. The number of aromatic nitrogens is 2. The van der Waals surface area contributed by atoms with Crippen LogP contribution in [-0.2, 0) is 11.2 Å².